The number of ether oxygens (including phenoxy) is 1. The lowest BCUT2D eigenvalue weighted by Gasteiger charge is -2.08. The smallest absolute Gasteiger partial charge is 0.232 e. The van der Waals surface area contributed by atoms with Gasteiger partial charge < -0.3 is 10.1 Å². The summed E-state index contributed by atoms with van der Waals surface area (Å²) < 4.78 is 5.43. The summed E-state index contributed by atoms with van der Waals surface area (Å²) in [5, 5.41) is 3.29. The molecule has 1 aromatic rings. The van der Waals surface area contributed by atoms with Crippen LogP contribution < -0.4 is 10.1 Å². The van der Waals surface area contributed by atoms with Crippen molar-refractivity contribution in [2.75, 3.05) is 6.61 Å². The summed E-state index contributed by atoms with van der Waals surface area (Å²) in [6.07, 6.45) is 5.63. The molecule has 4 nitrogen and oxygen atoms in total. The first-order valence-electron chi connectivity index (χ1n) is 5.89. The van der Waals surface area contributed by atoms with Gasteiger partial charge in [0.05, 0.1) is 24.7 Å². The highest BCUT2D eigenvalue weighted by Gasteiger charge is 1.99. The van der Waals surface area contributed by atoms with Crippen molar-refractivity contribution in [1.29, 1.82) is 0 Å². The first kappa shape index (κ1) is 12.9. The molecule has 0 radical (unpaired) electrons. The third-order valence-electron chi connectivity index (χ3n) is 2.12. The molecule has 0 saturated heterocycles. The van der Waals surface area contributed by atoms with E-state index in [1.807, 2.05) is 0 Å². The summed E-state index contributed by atoms with van der Waals surface area (Å²) in [4.78, 5) is 8.48. The standard InChI is InChI=1S/C12H21N3O/c1-4-5-6-16-12-9-14-11(8-15-12)7-13-10(2)3/h8-10,13H,4-7H2,1-3H3. The highest BCUT2D eigenvalue weighted by molar-refractivity contribution is 5.07. The second-order valence-corrected chi connectivity index (χ2v) is 4.08. The van der Waals surface area contributed by atoms with Gasteiger partial charge in [0.1, 0.15) is 0 Å². The Morgan fingerprint density at radius 1 is 1.31 bits per heavy atom. The molecule has 1 N–H and O–H groups in total. The molecule has 4 heteroatoms. The van der Waals surface area contributed by atoms with E-state index in [2.05, 4.69) is 36.1 Å². The highest BCUT2D eigenvalue weighted by atomic mass is 16.5. The van der Waals surface area contributed by atoms with Gasteiger partial charge in [-0.05, 0) is 6.42 Å². The van der Waals surface area contributed by atoms with Crippen molar-refractivity contribution >= 4 is 0 Å². The fourth-order valence-electron chi connectivity index (χ4n) is 1.14. The Kier molecular flexibility index (Phi) is 5.78. The first-order chi connectivity index (χ1) is 7.72. The van der Waals surface area contributed by atoms with Gasteiger partial charge in [0, 0.05) is 12.6 Å². The van der Waals surface area contributed by atoms with Crippen molar-refractivity contribution in [2.45, 2.75) is 46.2 Å². The largest absolute Gasteiger partial charge is 0.477 e. The zero-order valence-corrected chi connectivity index (χ0v) is 10.4. The van der Waals surface area contributed by atoms with Gasteiger partial charge in [-0.3, -0.25) is 4.98 Å². The van der Waals surface area contributed by atoms with Crippen LogP contribution in [-0.2, 0) is 6.54 Å². The van der Waals surface area contributed by atoms with E-state index in [0.29, 0.717) is 11.9 Å². The minimum atomic E-state index is 0.460. The molecule has 16 heavy (non-hydrogen) atoms. The van der Waals surface area contributed by atoms with E-state index in [-0.39, 0.29) is 0 Å². The predicted octanol–water partition coefficient (Wildman–Crippen LogP) is 2.15. The maximum atomic E-state index is 5.43. The van der Waals surface area contributed by atoms with Gasteiger partial charge in [-0.1, -0.05) is 27.2 Å². The lowest BCUT2D eigenvalue weighted by atomic mass is 10.3. The average Bonchev–Trinajstić information content (AvgIpc) is 2.28. The molecule has 0 unspecified atom stereocenters. The molecule has 1 rings (SSSR count). The molecule has 0 aromatic carbocycles. The quantitative estimate of drug-likeness (QED) is 0.719. The first-order valence-corrected chi connectivity index (χ1v) is 5.89. The fourth-order valence-corrected chi connectivity index (χ4v) is 1.14. The summed E-state index contributed by atoms with van der Waals surface area (Å²) >= 11 is 0. The molecule has 0 aliphatic heterocycles. The lowest BCUT2D eigenvalue weighted by Crippen LogP contribution is -2.22. The van der Waals surface area contributed by atoms with Gasteiger partial charge in [0.15, 0.2) is 0 Å². The number of hydrogen-bond donors (Lipinski definition) is 1. The van der Waals surface area contributed by atoms with Gasteiger partial charge in [-0.15, -0.1) is 0 Å². The van der Waals surface area contributed by atoms with Crippen LogP contribution in [0.15, 0.2) is 12.4 Å². The lowest BCUT2D eigenvalue weighted by molar-refractivity contribution is 0.296. The maximum Gasteiger partial charge on any atom is 0.232 e. The van der Waals surface area contributed by atoms with Crippen molar-refractivity contribution in [2.24, 2.45) is 0 Å². The maximum absolute atomic E-state index is 5.43. The predicted molar refractivity (Wildman–Crippen MR) is 64.4 cm³/mol. The van der Waals surface area contributed by atoms with Crippen LogP contribution in [0.3, 0.4) is 0 Å². The van der Waals surface area contributed by atoms with Crippen LogP contribution in [0, 0.1) is 0 Å². The molecule has 0 fully saturated rings. The topological polar surface area (TPSA) is 47.0 Å². The van der Waals surface area contributed by atoms with E-state index in [0.717, 1.165) is 31.7 Å². The van der Waals surface area contributed by atoms with Crippen LogP contribution in [-0.4, -0.2) is 22.6 Å². The zero-order chi connectivity index (χ0) is 11.8. The van der Waals surface area contributed by atoms with E-state index < -0.39 is 0 Å². The minimum absolute atomic E-state index is 0.460. The Bertz CT molecular complexity index is 285. The summed E-state index contributed by atoms with van der Waals surface area (Å²) in [6, 6.07) is 0.460. The van der Waals surface area contributed by atoms with Crippen molar-refractivity contribution < 1.29 is 4.74 Å². The Labute approximate surface area is 97.5 Å². The van der Waals surface area contributed by atoms with Crippen molar-refractivity contribution in [3.8, 4) is 5.88 Å². The molecule has 0 atom stereocenters. The Morgan fingerprint density at radius 3 is 2.69 bits per heavy atom. The van der Waals surface area contributed by atoms with Crippen LogP contribution in [0.5, 0.6) is 5.88 Å². The van der Waals surface area contributed by atoms with Gasteiger partial charge >= 0.3 is 0 Å². The van der Waals surface area contributed by atoms with Crippen LogP contribution in [0.4, 0.5) is 0 Å². The Balaban J connectivity index is 2.35. The van der Waals surface area contributed by atoms with E-state index in [1.54, 1.807) is 12.4 Å². The third kappa shape index (κ3) is 5.07. The number of aromatic nitrogens is 2. The van der Waals surface area contributed by atoms with E-state index in [4.69, 9.17) is 4.74 Å². The molecule has 0 bridgehead atoms. The second kappa shape index (κ2) is 7.17. The van der Waals surface area contributed by atoms with E-state index in [9.17, 15) is 0 Å². The van der Waals surface area contributed by atoms with Crippen LogP contribution in [0.25, 0.3) is 0 Å². The molecule has 0 aliphatic rings. The van der Waals surface area contributed by atoms with E-state index >= 15 is 0 Å². The molecule has 1 heterocycles. The fraction of sp³-hybridized carbons (Fsp3) is 0.667. The molecule has 1 aromatic heterocycles. The summed E-state index contributed by atoms with van der Waals surface area (Å²) in [5.74, 6) is 0.613. The number of nitrogens with one attached hydrogen (secondary N) is 1. The summed E-state index contributed by atoms with van der Waals surface area (Å²) in [5.41, 5.74) is 0.941. The number of hydrogen-bond acceptors (Lipinski definition) is 4. The van der Waals surface area contributed by atoms with Gasteiger partial charge in [-0.2, -0.15) is 0 Å². The SMILES string of the molecule is CCCCOc1cnc(CNC(C)C)cn1. The highest BCUT2D eigenvalue weighted by Crippen LogP contribution is 2.04. The third-order valence-corrected chi connectivity index (χ3v) is 2.12. The molecular weight excluding hydrogens is 202 g/mol. The molecule has 0 amide bonds. The normalized spacial score (nSPS) is 10.8. The van der Waals surface area contributed by atoms with Crippen molar-refractivity contribution in [1.82, 2.24) is 15.3 Å². The number of nitrogens with zero attached hydrogens (tertiary/aromatic N) is 2. The van der Waals surface area contributed by atoms with Gasteiger partial charge in [0.2, 0.25) is 5.88 Å². The summed E-state index contributed by atoms with van der Waals surface area (Å²) in [6.45, 7) is 7.82. The Hall–Kier alpha value is -1.16. The van der Waals surface area contributed by atoms with Gasteiger partial charge in [-0.25, -0.2) is 4.98 Å². The molecular formula is C12H21N3O. The Morgan fingerprint density at radius 2 is 2.12 bits per heavy atom. The zero-order valence-electron chi connectivity index (χ0n) is 10.4. The molecule has 0 spiro atoms. The molecule has 0 saturated carbocycles. The number of rotatable bonds is 7. The van der Waals surface area contributed by atoms with Crippen LogP contribution in [0.1, 0.15) is 39.3 Å². The number of unbranched alkanes of at least 4 members (excludes halogenated alkanes) is 1. The van der Waals surface area contributed by atoms with Gasteiger partial charge in [0.25, 0.3) is 0 Å². The molecule has 90 valence electrons. The van der Waals surface area contributed by atoms with Crippen molar-refractivity contribution in [3.05, 3.63) is 18.1 Å². The van der Waals surface area contributed by atoms with E-state index in [1.165, 1.54) is 0 Å². The second-order valence-electron chi connectivity index (χ2n) is 4.08. The average molecular weight is 223 g/mol. The summed E-state index contributed by atoms with van der Waals surface area (Å²) in [7, 11) is 0. The molecule has 0 aliphatic carbocycles. The van der Waals surface area contributed by atoms with Crippen molar-refractivity contribution in [3.63, 3.8) is 0 Å². The van der Waals surface area contributed by atoms with Crippen LogP contribution >= 0.6 is 0 Å². The minimum Gasteiger partial charge on any atom is -0.477 e. The monoisotopic (exact) mass is 223 g/mol. The van der Waals surface area contributed by atoms with Crippen LogP contribution in [0.2, 0.25) is 0 Å².